The number of hydrogen-bond acceptors (Lipinski definition) is 2. The molecule has 2 aliphatic rings. The van der Waals surface area contributed by atoms with Gasteiger partial charge in [0.1, 0.15) is 0 Å². The summed E-state index contributed by atoms with van der Waals surface area (Å²) in [7, 11) is 0. The molecular weight excluding hydrogens is 298 g/mol. The van der Waals surface area contributed by atoms with E-state index in [-0.39, 0.29) is 5.91 Å². The van der Waals surface area contributed by atoms with E-state index in [9.17, 15) is 4.79 Å². The highest BCUT2D eigenvalue weighted by Crippen LogP contribution is 2.49. The second kappa shape index (κ2) is 6.23. The van der Waals surface area contributed by atoms with Gasteiger partial charge in [-0.3, -0.25) is 9.48 Å². The van der Waals surface area contributed by atoms with Gasteiger partial charge in [-0.25, -0.2) is 0 Å². The lowest BCUT2D eigenvalue weighted by Gasteiger charge is -2.28. The van der Waals surface area contributed by atoms with Crippen molar-refractivity contribution >= 4 is 17.5 Å². The molecule has 22 heavy (non-hydrogen) atoms. The summed E-state index contributed by atoms with van der Waals surface area (Å²) in [5.41, 5.74) is 1.77. The van der Waals surface area contributed by atoms with Gasteiger partial charge in [0, 0.05) is 12.5 Å². The molecule has 1 aromatic heterocycles. The van der Waals surface area contributed by atoms with Gasteiger partial charge in [0.05, 0.1) is 23.0 Å². The van der Waals surface area contributed by atoms with Gasteiger partial charge in [0.25, 0.3) is 0 Å². The molecule has 1 amide bonds. The van der Waals surface area contributed by atoms with Crippen LogP contribution in [0.5, 0.6) is 0 Å². The normalized spacial score (nSPS) is 28.1. The average Bonchev–Trinajstić information content (AvgIpc) is 3.17. The Morgan fingerprint density at radius 1 is 1.41 bits per heavy atom. The molecule has 0 unspecified atom stereocenters. The second-order valence-corrected chi connectivity index (χ2v) is 7.53. The zero-order valence-corrected chi connectivity index (χ0v) is 14.5. The summed E-state index contributed by atoms with van der Waals surface area (Å²) in [5.74, 6) is 2.58. The van der Waals surface area contributed by atoms with E-state index in [0.717, 1.165) is 23.2 Å². The summed E-state index contributed by atoms with van der Waals surface area (Å²) in [6.45, 7) is 6.60. The Kier molecular flexibility index (Phi) is 4.49. The highest BCUT2D eigenvalue weighted by molar-refractivity contribution is 6.31. The summed E-state index contributed by atoms with van der Waals surface area (Å²) in [4.78, 5) is 12.2. The van der Waals surface area contributed by atoms with Crippen molar-refractivity contribution in [1.29, 1.82) is 0 Å². The number of fused-ring (bicyclic) bond motifs is 2. The molecule has 122 valence electrons. The number of nitrogens with zero attached hydrogens (tertiary/aromatic N) is 2. The molecule has 0 saturated heterocycles. The third-order valence-electron chi connectivity index (χ3n) is 5.67. The zero-order valence-electron chi connectivity index (χ0n) is 13.7. The number of nitrogens with one attached hydrogen (secondary N) is 1. The Hall–Kier alpha value is -1.03. The van der Waals surface area contributed by atoms with Crippen LogP contribution in [-0.4, -0.2) is 21.7 Å². The Morgan fingerprint density at radius 3 is 2.73 bits per heavy atom. The predicted molar refractivity (Wildman–Crippen MR) is 87.9 cm³/mol. The molecule has 4 atom stereocenters. The molecule has 2 bridgehead atoms. The van der Waals surface area contributed by atoms with Crippen molar-refractivity contribution in [3.63, 3.8) is 0 Å². The van der Waals surface area contributed by atoms with E-state index in [4.69, 9.17) is 11.6 Å². The summed E-state index contributed by atoms with van der Waals surface area (Å²) in [6, 6.07) is 0.298. The summed E-state index contributed by atoms with van der Waals surface area (Å²) < 4.78 is 1.83. The SMILES string of the molecule is Cc1nn(CCC(=O)N[C@@H](C)[C@H]2C[C@H]3CC[C@H]2C3)c(C)c1Cl. The Morgan fingerprint density at radius 2 is 2.18 bits per heavy atom. The lowest BCUT2D eigenvalue weighted by atomic mass is 9.84. The van der Waals surface area contributed by atoms with Crippen molar-refractivity contribution < 1.29 is 4.79 Å². The van der Waals surface area contributed by atoms with Crippen LogP contribution in [0.2, 0.25) is 5.02 Å². The molecule has 2 aliphatic carbocycles. The maximum atomic E-state index is 12.2. The predicted octanol–water partition coefficient (Wildman–Crippen LogP) is 3.48. The topological polar surface area (TPSA) is 46.9 Å². The lowest BCUT2D eigenvalue weighted by molar-refractivity contribution is -0.122. The highest BCUT2D eigenvalue weighted by Gasteiger charge is 2.42. The molecule has 3 rings (SSSR count). The Bertz CT molecular complexity index is 568. The number of carbonyl (C=O) groups excluding carboxylic acids is 1. The molecule has 1 heterocycles. The van der Waals surface area contributed by atoms with Crippen LogP contribution in [0.1, 0.15) is 50.4 Å². The summed E-state index contributed by atoms with van der Waals surface area (Å²) in [6.07, 6.45) is 5.91. The monoisotopic (exact) mass is 323 g/mol. The van der Waals surface area contributed by atoms with Crippen LogP contribution in [0, 0.1) is 31.6 Å². The number of aryl methyl sites for hydroxylation is 2. The van der Waals surface area contributed by atoms with E-state index >= 15 is 0 Å². The van der Waals surface area contributed by atoms with Gasteiger partial charge in [0.2, 0.25) is 5.91 Å². The molecule has 2 fully saturated rings. The van der Waals surface area contributed by atoms with E-state index in [1.807, 2.05) is 18.5 Å². The van der Waals surface area contributed by atoms with Gasteiger partial charge in [0.15, 0.2) is 0 Å². The number of aromatic nitrogens is 2. The second-order valence-electron chi connectivity index (χ2n) is 7.15. The quantitative estimate of drug-likeness (QED) is 0.901. The smallest absolute Gasteiger partial charge is 0.222 e. The number of carbonyl (C=O) groups is 1. The van der Waals surface area contributed by atoms with Gasteiger partial charge in [-0.15, -0.1) is 0 Å². The van der Waals surface area contributed by atoms with Crippen LogP contribution in [0.4, 0.5) is 0 Å². The van der Waals surface area contributed by atoms with Crippen molar-refractivity contribution in [2.45, 2.75) is 65.5 Å². The molecule has 1 aromatic rings. The van der Waals surface area contributed by atoms with E-state index in [1.54, 1.807) is 0 Å². The summed E-state index contributed by atoms with van der Waals surface area (Å²) in [5, 5.41) is 8.28. The Balaban J connectivity index is 1.49. The molecular formula is C17H26ClN3O. The standard InChI is InChI=1S/C17H26ClN3O/c1-10(15-9-13-4-5-14(15)8-13)19-16(22)6-7-21-12(3)17(18)11(2)20-21/h10,13-15H,4-9H2,1-3H3,(H,19,22)/t10-,13-,14-,15+/m0/s1. The number of amides is 1. The highest BCUT2D eigenvalue weighted by atomic mass is 35.5. The minimum Gasteiger partial charge on any atom is -0.353 e. The van der Waals surface area contributed by atoms with Crippen LogP contribution in [0.3, 0.4) is 0 Å². The summed E-state index contributed by atoms with van der Waals surface area (Å²) >= 11 is 6.14. The molecule has 4 nitrogen and oxygen atoms in total. The molecule has 0 spiro atoms. The minimum absolute atomic E-state index is 0.124. The van der Waals surface area contributed by atoms with Crippen LogP contribution < -0.4 is 5.32 Å². The van der Waals surface area contributed by atoms with Crippen LogP contribution in [0.25, 0.3) is 0 Å². The first kappa shape index (κ1) is 15.9. The third-order valence-corrected chi connectivity index (χ3v) is 6.21. The van der Waals surface area contributed by atoms with Crippen molar-refractivity contribution in [3.05, 3.63) is 16.4 Å². The first-order valence-electron chi connectivity index (χ1n) is 8.44. The molecule has 0 aromatic carbocycles. The van der Waals surface area contributed by atoms with Gasteiger partial charge in [-0.1, -0.05) is 18.0 Å². The Labute approximate surface area is 137 Å². The molecule has 1 N–H and O–H groups in total. The van der Waals surface area contributed by atoms with Crippen LogP contribution in [-0.2, 0) is 11.3 Å². The fourth-order valence-electron chi connectivity index (χ4n) is 4.44. The molecule has 5 heteroatoms. The maximum Gasteiger partial charge on any atom is 0.222 e. The van der Waals surface area contributed by atoms with Gasteiger partial charge in [-0.05, 0) is 57.8 Å². The van der Waals surface area contributed by atoms with Crippen molar-refractivity contribution in [1.82, 2.24) is 15.1 Å². The van der Waals surface area contributed by atoms with Crippen molar-refractivity contribution in [2.24, 2.45) is 17.8 Å². The number of halogens is 1. The van der Waals surface area contributed by atoms with E-state index in [2.05, 4.69) is 17.3 Å². The lowest BCUT2D eigenvalue weighted by Crippen LogP contribution is -2.40. The van der Waals surface area contributed by atoms with Crippen molar-refractivity contribution in [3.8, 4) is 0 Å². The van der Waals surface area contributed by atoms with Crippen LogP contribution >= 0.6 is 11.6 Å². The number of hydrogen-bond donors (Lipinski definition) is 1. The largest absolute Gasteiger partial charge is 0.353 e. The minimum atomic E-state index is 0.124. The third kappa shape index (κ3) is 3.03. The first-order chi connectivity index (χ1) is 10.5. The zero-order chi connectivity index (χ0) is 15.9. The van der Waals surface area contributed by atoms with Crippen LogP contribution in [0.15, 0.2) is 0 Å². The van der Waals surface area contributed by atoms with E-state index < -0.39 is 0 Å². The first-order valence-corrected chi connectivity index (χ1v) is 8.82. The van der Waals surface area contributed by atoms with Crippen molar-refractivity contribution in [2.75, 3.05) is 0 Å². The van der Waals surface area contributed by atoms with Gasteiger partial charge >= 0.3 is 0 Å². The van der Waals surface area contributed by atoms with Gasteiger partial charge in [-0.2, -0.15) is 5.10 Å². The van der Waals surface area contributed by atoms with Gasteiger partial charge < -0.3 is 5.32 Å². The molecule has 2 saturated carbocycles. The van der Waals surface area contributed by atoms with E-state index in [0.29, 0.717) is 29.9 Å². The molecule has 0 aliphatic heterocycles. The number of rotatable bonds is 5. The average molecular weight is 324 g/mol. The molecule has 0 radical (unpaired) electrons. The van der Waals surface area contributed by atoms with E-state index in [1.165, 1.54) is 25.7 Å². The fraction of sp³-hybridized carbons (Fsp3) is 0.765. The fourth-order valence-corrected chi connectivity index (χ4v) is 4.58. The maximum absolute atomic E-state index is 12.2.